The van der Waals surface area contributed by atoms with Gasteiger partial charge in [0.05, 0.1) is 32.8 Å². The molecule has 5 nitrogen and oxygen atoms in total. The molecule has 0 bridgehead atoms. The second kappa shape index (κ2) is 9.39. The number of nitrogens with one attached hydrogen (secondary N) is 1. The minimum Gasteiger partial charge on any atom is -0.460 e. The van der Waals surface area contributed by atoms with Gasteiger partial charge in [-0.3, -0.25) is 4.79 Å². The van der Waals surface area contributed by atoms with Gasteiger partial charge in [0.1, 0.15) is 5.60 Å². The molecule has 0 unspecified atom stereocenters. The van der Waals surface area contributed by atoms with Crippen molar-refractivity contribution >= 4 is 5.97 Å². The van der Waals surface area contributed by atoms with Gasteiger partial charge in [-0.15, -0.1) is 0 Å². The van der Waals surface area contributed by atoms with Gasteiger partial charge in [0.15, 0.2) is 0 Å². The molecule has 5 heteroatoms. The average Bonchev–Trinajstić information content (AvgIpc) is 2.19. The predicted octanol–water partition coefficient (Wildman–Crippen LogP) is 0.971. The third kappa shape index (κ3) is 13.3. The Hall–Kier alpha value is -0.650. The number of rotatable bonds is 9. The molecule has 0 saturated heterocycles. The molecule has 0 spiro atoms. The summed E-state index contributed by atoms with van der Waals surface area (Å²) in [5.41, 5.74) is -0.423. The maximum Gasteiger partial charge on any atom is 0.308 e. The van der Waals surface area contributed by atoms with Crippen LogP contribution in [0.2, 0.25) is 0 Å². The summed E-state index contributed by atoms with van der Waals surface area (Å²) in [7, 11) is 1.88. The van der Waals surface area contributed by atoms with Crippen LogP contribution in [0.25, 0.3) is 0 Å². The Labute approximate surface area is 104 Å². The van der Waals surface area contributed by atoms with Crippen LogP contribution < -0.4 is 5.32 Å². The molecule has 0 aliphatic carbocycles. The highest BCUT2D eigenvalue weighted by molar-refractivity contribution is 5.69. The monoisotopic (exact) mass is 247 g/mol. The lowest BCUT2D eigenvalue weighted by atomic mass is 10.2. The first kappa shape index (κ1) is 16.4. The summed E-state index contributed by atoms with van der Waals surface area (Å²) in [6.45, 7) is 8.49. The fourth-order valence-electron chi connectivity index (χ4n) is 1.04. The van der Waals surface area contributed by atoms with Gasteiger partial charge in [-0.25, -0.2) is 0 Å². The maximum atomic E-state index is 11.3. The van der Waals surface area contributed by atoms with Gasteiger partial charge in [-0.2, -0.15) is 0 Å². The maximum absolute atomic E-state index is 11.3. The summed E-state index contributed by atoms with van der Waals surface area (Å²) < 4.78 is 15.6. The SMILES string of the molecule is CNCCOCCOCCC(=O)OC(C)(C)C. The van der Waals surface area contributed by atoms with Crippen molar-refractivity contribution in [3.05, 3.63) is 0 Å². The predicted molar refractivity (Wildman–Crippen MR) is 66.0 cm³/mol. The van der Waals surface area contributed by atoms with Crippen LogP contribution >= 0.6 is 0 Å². The van der Waals surface area contributed by atoms with E-state index in [0.717, 1.165) is 6.54 Å². The summed E-state index contributed by atoms with van der Waals surface area (Å²) in [6.07, 6.45) is 0.286. The summed E-state index contributed by atoms with van der Waals surface area (Å²) >= 11 is 0. The number of hydrogen-bond donors (Lipinski definition) is 1. The van der Waals surface area contributed by atoms with Gasteiger partial charge in [0.25, 0.3) is 0 Å². The van der Waals surface area contributed by atoms with E-state index in [2.05, 4.69) is 5.32 Å². The Morgan fingerprint density at radius 3 is 2.18 bits per heavy atom. The molecular formula is C12H25NO4. The highest BCUT2D eigenvalue weighted by Crippen LogP contribution is 2.07. The number of esters is 1. The largest absolute Gasteiger partial charge is 0.460 e. The molecule has 0 atom stereocenters. The Balaban J connectivity index is 3.25. The van der Waals surface area contributed by atoms with Gasteiger partial charge in [-0.05, 0) is 27.8 Å². The summed E-state index contributed by atoms with van der Waals surface area (Å²) in [6, 6.07) is 0. The lowest BCUT2D eigenvalue weighted by Crippen LogP contribution is -2.24. The topological polar surface area (TPSA) is 56.8 Å². The van der Waals surface area contributed by atoms with E-state index in [9.17, 15) is 4.79 Å². The quantitative estimate of drug-likeness (QED) is 0.486. The number of hydrogen-bond acceptors (Lipinski definition) is 5. The number of likely N-dealkylation sites (N-methyl/N-ethyl adjacent to an activating group) is 1. The highest BCUT2D eigenvalue weighted by atomic mass is 16.6. The molecule has 0 fully saturated rings. The van der Waals surface area contributed by atoms with Crippen molar-refractivity contribution in [3.8, 4) is 0 Å². The first-order valence-electron chi connectivity index (χ1n) is 5.97. The van der Waals surface area contributed by atoms with Crippen molar-refractivity contribution < 1.29 is 19.0 Å². The Bertz CT molecular complexity index is 201. The lowest BCUT2D eigenvalue weighted by Gasteiger charge is -2.19. The van der Waals surface area contributed by atoms with E-state index in [1.807, 2.05) is 27.8 Å². The van der Waals surface area contributed by atoms with Gasteiger partial charge >= 0.3 is 5.97 Å². The molecule has 0 rings (SSSR count). The third-order valence-corrected chi connectivity index (χ3v) is 1.74. The van der Waals surface area contributed by atoms with Crippen molar-refractivity contribution in [1.82, 2.24) is 5.32 Å². The van der Waals surface area contributed by atoms with E-state index in [-0.39, 0.29) is 12.4 Å². The molecule has 0 aromatic rings. The van der Waals surface area contributed by atoms with Crippen LogP contribution in [-0.4, -0.2) is 51.6 Å². The lowest BCUT2D eigenvalue weighted by molar-refractivity contribution is -0.156. The molecule has 0 radical (unpaired) electrons. The van der Waals surface area contributed by atoms with Crippen LogP contribution in [-0.2, 0) is 19.0 Å². The summed E-state index contributed by atoms with van der Waals surface area (Å²) in [5, 5.41) is 2.98. The van der Waals surface area contributed by atoms with Crippen LogP contribution in [0, 0.1) is 0 Å². The Kier molecular flexibility index (Phi) is 9.03. The number of carbonyl (C=O) groups is 1. The number of ether oxygens (including phenoxy) is 3. The molecule has 17 heavy (non-hydrogen) atoms. The second-order valence-corrected chi connectivity index (χ2v) is 4.66. The molecule has 0 aromatic heterocycles. The highest BCUT2D eigenvalue weighted by Gasteiger charge is 2.15. The zero-order chi connectivity index (χ0) is 13.1. The van der Waals surface area contributed by atoms with Crippen molar-refractivity contribution in [2.45, 2.75) is 32.8 Å². The van der Waals surface area contributed by atoms with Gasteiger partial charge < -0.3 is 19.5 Å². The minimum absolute atomic E-state index is 0.228. The standard InChI is InChI=1S/C12H25NO4/c1-12(2,3)17-11(14)5-7-15-9-10-16-8-6-13-4/h13H,5-10H2,1-4H3. The van der Waals surface area contributed by atoms with E-state index in [4.69, 9.17) is 14.2 Å². The van der Waals surface area contributed by atoms with E-state index < -0.39 is 5.60 Å². The van der Waals surface area contributed by atoms with E-state index in [1.165, 1.54) is 0 Å². The molecule has 0 heterocycles. The summed E-state index contributed by atoms with van der Waals surface area (Å²) in [4.78, 5) is 11.3. The minimum atomic E-state index is -0.423. The van der Waals surface area contributed by atoms with E-state index >= 15 is 0 Å². The van der Waals surface area contributed by atoms with Crippen LogP contribution in [0.3, 0.4) is 0 Å². The fourth-order valence-corrected chi connectivity index (χ4v) is 1.04. The molecule has 102 valence electrons. The van der Waals surface area contributed by atoms with Crippen LogP contribution in [0.4, 0.5) is 0 Å². The zero-order valence-electron chi connectivity index (χ0n) is 11.4. The van der Waals surface area contributed by atoms with Crippen molar-refractivity contribution in [2.75, 3.05) is 40.0 Å². The van der Waals surface area contributed by atoms with Crippen LogP contribution in [0.15, 0.2) is 0 Å². The average molecular weight is 247 g/mol. The molecule has 0 aromatic carbocycles. The Morgan fingerprint density at radius 1 is 1.06 bits per heavy atom. The molecule has 0 aliphatic heterocycles. The van der Waals surface area contributed by atoms with Gasteiger partial charge in [0.2, 0.25) is 0 Å². The molecule has 0 amide bonds. The third-order valence-electron chi connectivity index (χ3n) is 1.74. The normalized spacial score (nSPS) is 11.5. The molecule has 0 saturated carbocycles. The molecule has 1 N–H and O–H groups in total. The number of carbonyl (C=O) groups excluding carboxylic acids is 1. The van der Waals surface area contributed by atoms with E-state index in [1.54, 1.807) is 0 Å². The second-order valence-electron chi connectivity index (χ2n) is 4.66. The van der Waals surface area contributed by atoms with Crippen molar-refractivity contribution in [1.29, 1.82) is 0 Å². The Morgan fingerprint density at radius 2 is 1.65 bits per heavy atom. The van der Waals surface area contributed by atoms with Crippen LogP contribution in [0.1, 0.15) is 27.2 Å². The fraction of sp³-hybridized carbons (Fsp3) is 0.917. The zero-order valence-corrected chi connectivity index (χ0v) is 11.4. The van der Waals surface area contributed by atoms with Crippen molar-refractivity contribution in [3.63, 3.8) is 0 Å². The van der Waals surface area contributed by atoms with E-state index in [0.29, 0.717) is 26.4 Å². The summed E-state index contributed by atoms with van der Waals surface area (Å²) in [5.74, 6) is -0.228. The first-order chi connectivity index (χ1) is 7.95. The smallest absolute Gasteiger partial charge is 0.308 e. The first-order valence-corrected chi connectivity index (χ1v) is 5.97. The van der Waals surface area contributed by atoms with Crippen LogP contribution in [0.5, 0.6) is 0 Å². The molecular weight excluding hydrogens is 222 g/mol. The van der Waals surface area contributed by atoms with Gasteiger partial charge in [-0.1, -0.05) is 0 Å². The van der Waals surface area contributed by atoms with Gasteiger partial charge in [0, 0.05) is 6.54 Å². The van der Waals surface area contributed by atoms with Crippen molar-refractivity contribution in [2.24, 2.45) is 0 Å². The molecule has 0 aliphatic rings.